The first kappa shape index (κ1) is 18.8. The number of hydrogen-bond acceptors (Lipinski definition) is 3. The van der Waals surface area contributed by atoms with Crippen LogP contribution in [0.15, 0.2) is 30.3 Å². The Morgan fingerprint density at radius 1 is 1.25 bits per heavy atom. The van der Waals surface area contributed by atoms with E-state index in [1.165, 1.54) is 5.56 Å². The Balaban J connectivity index is 1.92. The Hall–Kier alpha value is -1.55. The molecule has 0 N–H and O–H groups in total. The third-order valence-corrected chi connectivity index (χ3v) is 4.74. The highest BCUT2D eigenvalue weighted by molar-refractivity contribution is 5.68. The molecule has 1 fully saturated rings. The quantitative estimate of drug-likeness (QED) is 0.815. The molecule has 134 valence electrons. The second kappa shape index (κ2) is 8.02. The van der Waals surface area contributed by atoms with E-state index >= 15 is 0 Å². The van der Waals surface area contributed by atoms with Gasteiger partial charge in [-0.1, -0.05) is 37.3 Å². The maximum atomic E-state index is 12.2. The number of carbonyl (C=O) groups is 1. The summed E-state index contributed by atoms with van der Waals surface area (Å²) in [4.78, 5) is 16.6. The Morgan fingerprint density at radius 3 is 2.33 bits per heavy atom. The number of amides is 1. The molecule has 1 aromatic carbocycles. The number of piperidine rings is 1. The molecule has 1 amide bonds. The molecule has 2 rings (SSSR count). The monoisotopic (exact) mass is 332 g/mol. The molecule has 0 spiro atoms. The summed E-state index contributed by atoms with van der Waals surface area (Å²) in [6, 6.07) is 11.5. The molecule has 0 bridgehead atoms. The van der Waals surface area contributed by atoms with Crippen LogP contribution in [-0.4, -0.2) is 47.7 Å². The summed E-state index contributed by atoms with van der Waals surface area (Å²) in [5.74, 6) is 0. The molecule has 0 radical (unpaired) electrons. The van der Waals surface area contributed by atoms with Crippen molar-refractivity contribution in [3.05, 3.63) is 35.9 Å². The topological polar surface area (TPSA) is 32.8 Å². The average Bonchev–Trinajstić information content (AvgIpc) is 2.55. The van der Waals surface area contributed by atoms with Crippen LogP contribution < -0.4 is 0 Å². The van der Waals surface area contributed by atoms with E-state index in [1.54, 1.807) is 4.90 Å². The second-order valence-corrected chi connectivity index (χ2v) is 7.69. The van der Waals surface area contributed by atoms with Crippen molar-refractivity contribution in [2.75, 3.05) is 20.1 Å². The maximum Gasteiger partial charge on any atom is 0.410 e. The van der Waals surface area contributed by atoms with E-state index in [9.17, 15) is 4.79 Å². The lowest BCUT2D eigenvalue weighted by Gasteiger charge is -2.40. The van der Waals surface area contributed by atoms with Gasteiger partial charge in [-0.3, -0.25) is 4.90 Å². The van der Waals surface area contributed by atoms with Crippen molar-refractivity contribution in [2.24, 2.45) is 0 Å². The molecule has 0 aliphatic carbocycles. The first-order valence-corrected chi connectivity index (χ1v) is 9.06. The van der Waals surface area contributed by atoms with Gasteiger partial charge in [0.2, 0.25) is 0 Å². The lowest BCUT2D eigenvalue weighted by molar-refractivity contribution is 0.0127. The van der Waals surface area contributed by atoms with Gasteiger partial charge in [0.05, 0.1) is 0 Å². The predicted molar refractivity (Wildman–Crippen MR) is 98.1 cm³/mol. The highest BCUT2D eigenvalue weighted by atomic mass is 16.6. The minimum atomic E-state index is -0.438. The predicted octanol–water partition coefficient (Wildman–Crippen LogP) is 4.47. The number of benzene rings is 1. The van der Waals surface area contributed by atoms with Crippen LogP contribution in [0.5, 0.6) is 0 Å². The van der Waals surface area contributed by atoms with Gasteiger partial charge in [0.1, 0.15) is 5.60 Å². The third kappa shape index (κ3) is 4.97. The van der Waals surface area contributed by atoms with Gasteiger partial charge in [0.15, 0.2) is 0 Å². The molecule has 1 aliphatic heterocycles. The zero-order chi connectivity index (χ0) is 17.7. The van der Waals surface area contributed by atoms with Crippen molar-refractivity contribution in [1.82, 2.24) is 9.80 Å². The van der Waals surface area contributed by atoms with E-state index in [2.05, 4.69) is 42.2 Å². The fourth-order valence-electron chi connectivity index (χ4n) is 3.45. The number of hydrogen-bond donors (Lipinski definition) is 0. The van der Waals surface area contributed by atoms with Gasteiger partial charge in [-0.15, -0.1) is 0 Å². The van der Waals surface area contributed by atoms with Gasteiger partial charge in [0.25, 0.3) is 0 Å². The van der Waals surface area contributed by atoms with Crippen molar-refractivity contribution >= 4 is 6.09 Å². The Kier molecular flexibility index (Phi) is 6.27. The van der Waals surface area contributed by atoms with Crippen LogP contribution in [0.3, 0.4) is 0 Å². The number of ether oxygens (including phenoxy) is 1. The van der Waals surface area contributed by atoms with Crippen LogP contribution in [-0.2, 0) is 4.74 Å². The summed E-state index contributed by atoms with van der Waals surface area (Å²) in [5.41, 5.74) is 0.950. The SMILES string of the molecule is CCC(c1ccccc1)N1CCC(N(C)C(=O)OC(C)(C)C)CC1. The summed E-state index contributed by atoms with van der Waals surface area (Å²) >= 11 is 0. The smallest absolute Gasteiger partial charge is 0.410 e. The molecule has 1 saturated heterocycles. The Labute approximate surface area is 146 Å². The van der Waals surface area contributed by atoms with Crippen molar-refractivity contribution in [2.45, 2.75) is 64.6 Å². The van der Waals surface area contributed by atoms with Gasteiger partial charge in [-0.25, -0.2) is 4.79 Å². The molecule has 1 aromatic rings. The van der Waals surface area contributed by atoms with Crippen LogP contribution in [0.4, 0.5) is 4.79 Å². The lowest BCUT2D eigenvalue weighted by Crippen LogP contribution is -2.47. The van der Waals surface area contributed by atoms with E-state index in [1.807, 2.05) is 27.8 Å². The number of rotatable bonds is 4. The Morgan fingerprint density at radius 2 is 1.83 bits per heavy atom. The largest absolute Gasteiger partial charge is 0.444 e. The molecule has 0 aromatic heterocycles. The van der Waals surface area contributed by atoms with Crippen molar-refractivity contribution in [1.29, 1.82) is 0 Å². The fourth-order valence-corrected chi connectivity index (χ4v) is 3.45. The summed E-state index contributed by atoms with van der Waals surface area (Å²) in [6.07, 6.45) is 2.89. The molecule has 0 saturated carbocycles. The molecule has 1 unspecified atom stereocenters. The summed E-state index contributed by atoms with van der Waals surface area (Å²) < 4.78 is 5.49. The van der Waals surface area contributed by atoms with E-state index in [0.29, 0.717) is 6.04 Å². The number of likely N-dealkylation sites (tertiary alicyclic amines) is 1. The molecule has 4 heteroatoms. The molecular formula is C20H32N2O2. The second-order valence-electron chi connectivity index (χ2n) is 7.69. The van der Waals surface area contributed by atoms with E-state index in [0.717, 1.165) is 32.4 Å². The Bertz CT molecular complexity index is 516. The van der Waals surface area contributed by atoms with Gasteiger partial charge < -0.3 is 9.64 Å². The van der Waals surface area contributed by atoms with Crippen LogP contribution in [0.25, 0.3) is 0 Å². The molecule has 1 aliphatic rings. The van der Waals surface area contributed by atoms with E-state index < -0.39 is 5.60 Å². The van der Waals surface area contributed by atoms with Crippen molar-refractivity contribution in [3.63, 3.8) is 0 Å². The van der Waals surface area contributed by atoms with Gasteiger partial charge in [-0.2, -0.15) is 0 Å². The number of nitrogens with zero attached hydrogens (tertiary/aromatic N) is 2. The number of carbonyl (C=O) groups excluding carboxylic acids is 1. The standard InChI is InChI=1S/C20H32N2O2/c1-6-18(16-10-8-7-9-11-16)22-14-12-17(13-15-22)21(5)19(23)24-20(2,3)4/h7-11,17-18H,6,12-15H2,1-5H3. The third-order valence-electron chi connectivity index (χ3n) is 4.74. The first-order valence-electron chi connectivity index (χ1n) is 9.06. The van der Waals surface area contributed by atoms with Gasteiger partial charge >= 0.3 is 6.09 Å². The molecular weight excluding hydrogens is 300 g/mol. The maximum absolute atomic E-state index is 12.2. The summed E-state index contributed by atoms with van der Waals surface area (Å²) in [5, 5.41) is 0. The van der Waals surface area contributed by atoms with Crippen molar-refractivity contribution < 1.29 is 9.53 Å². The molecule has 4 nitrogen and oxygen atoms in total. The fraction of sp³-hybridized carbons (Fsp3) is 0.650. The van der Waals surface area contributed by atoms with Crippen LogP contribution in [0, 0.1) is 0 Å². The minimum Gasteiger partial charge on any atom is -0.444 e. The van der Waals surface area contributed by atoms with Gasteiger partial charge in [-0.05, 0) is 45.6 Å². The van der Waals surface area contributed by atoms with Gasteiger partial charge in [0, 0.05) is 32.2 Å². The zero-order valence-corrected chi connectivity index (χ0v) is 15.8. The molecule has 24 heavy (non-hydrogen) atoms. The molecule has 1 heterocycles. The highest BCUT2D eigenvalue weighted by Crippen LogP contribution is 2.28. The van der Waals surface area contributed by atoms with Crippen LogP contribution >= 0.6 is 0 Å². The lowest BCUT2D eigenvalue weighted by atomic mass is 9.97. The summed E-state index contributed by atoms with van der Waals surface area (Å²) in [7, 11) is 1.86. The highest BCUT2D eigenvalue weighted by Gasteiger charge is 2.30. The minimum absolute atomic E-state index is 0.212. The normalized spacial score (nSPS) is 18.2. The van der Waals surface area contributed by atoms with E-state index in [4.69, 9.17) is 4.74 Å². The molecule has 1 atom stereocenters. The summed E-state index contributed by atoms with van der Waals surface area (Å²) in [6.45, 7) is 10.0. The first-order chi connectivity index (χ1) is 11.3. The van der Waals surface area contributed by atoms with Crippen molar-refractivity contribution in [3.8, 4) is 0 Å². The van der Waals surface area contributed by atoms with Crippen LogP contribution in [0.1, 0.15) is 58.6 Å². The zero-order valence-electron chi connectivity index (χ0n) is 15.8. The average molecular weight is 332 g/mol. The van der Waals surface area contributed by atoms with E-state index in [-0.39, 0.29) is 12.1 Å². The van der Waals surface area contributed by atoms with Crippen LogP contribution in [0.2, 0.25) is 0 Å².